The van der Waals surface area contributed by atoms with E-state index < -0.39 is 0 Å². The molecule has 10 heteroatoms. The van der Waals surface area contributed by atoms with Gasteiger partial charge in [-0.25, -0.2) is 0 Å². The fourth-order valence-electron chi connectivity index (χ4n) is 13.8. The van der Waals surface area contributed by atoms with Crippen molar-refractivity contribution in [3.8, 4) is 63.6 Å². The topological polar surface area (TPSA) is 149 Å². The maximum Gasteiger partial charge on any atom is 0.145 e. The molecule has 0 atom stereocenters. The van der Waals surface area contributed by atoms with Gasteiger partial charge in [0.25, 0.3) is 0 Å². The molecule has 0 unspecified atom stereocenters. The van der Waals surface area contributed by atoms with Crippen molar-refractivity contribution < 1.29 is 13.3 Å². The highest BCUT2D eigenvalue weighted by Crippen LogP contribution is 2.47. The average molecular weight is 1100 g/mol. The van der Waals surface area contributed by atoms with Gasteiger partial charge >= 0.3 is 0 Å². The van der Waals surface area contributed by atoms with Gasteiger partial charge < -0.3 is 27.0 Å². The number of hydrogen-bond acceptors (Lipinski definition) is 7. The van der Waals surface area contributed by atoms with Crippen molar-refractivity contribution >= 4 is 131 Å². The first-order valence-corrected chi connectivity index (χ1v) is 28.1. The van der Waals surface area contributed by atoms with Gasteiger partial charge in [-0.2, -0.15) is 21.0 Å². The van der Waals surface area contributed by atoms with E-state index in [0.29, 0.717) is 39.3 Å². The van der Waals surface area contributed by atoms with Crippen LogP contribution in [0.5, 0.6) is 0 Å². The molecule has 18 aromatic rings. The molecule has 10 nitrogen and oxygen atoms in total. The zero-order valence-electron chi connectivity index (χ0n) is 45.2. The van der Waals surface area contributed by atoms with E-state index in [1.54, 1.807) is 18.2 Å². The largest absolute Gasteiger partial charge is 0.455 e. The number of nitriles is 4. The molecule has 0 fully saturated rings. The lowest BCUT2D eigenvalue weighted by Gasteiger charge is -2.16. The number of aromatic nitrogens is 3. The number of furan rings is 3. The van der Waals surface area contributed by atoms with E-state index in [-0.39, 0.29) is 0 Å². The quantitative estimate of drug-likeness (QED) is 0.166. The Balaban J connectivity index is 0.793. The van der Waals surface area contributed by atoms with Crippen LogP contribution in [0.1, 0.15) is 22.3 Å². The molecular formula is C76H37N7O3. The fraction of sp³-hybridized carbons (Fsp3) is 0. The van der Waals surface area contributed by atoms with Crippen LogP contribution in [0, 0.1) is 45.3 Å². The lowest BCUT2D eigenvalue weighted by atomic mass is 10.0. The summed E-state index contributed by atoms with van der Waals surface area (Å²) >= 11 is 0. The third-order valence-corrected chi connectivity index (χ3v) is 17.6. The molecule has 0 amide bonds. The number of rotatable bonds is 5. The van der Waals surface area contributed by atoms with E-state index in [1.807, 2.05) is 72.8 Å². The van der Waals surface area contributed by atoms with Gasteiger partial charge in [-0.15, -0.1) is 0 Å². The van der Waals surface area contributed by atoms with Crippen molar-refractivity contribution in [1.82, 2.24) is 13.7 Å². The maximum atomic E-state index is 11.0. The first kappa shape index (κ1) is 47.1. The second-order valence-electron chi connectivity index (χ2n) is 21.9. The van der Waals surface area contributed by atoms with Crippen LogP contribution in [0.25, 0.3) is 171 Å². The molecule has 0 aliphatic carbocycles. The van der Waals surface area contributed by atoms with Crippen LogP contribution in [0.2, 0.25) is 0 Å². The summed E-state index contributed by atoms with van der Waals surface area (Å²) in [6.45, 7) is 0. The predicted octanol–water partition coefficient (Wildman–Crippen LogP) is 19.5. The van der Waals surface area contributed by atoms with E-state index in [4.69, 9.17) is 13.3 Å². The van der Waals surface area contributed by atoms with Gasteiger partial charge in [-0.05, 0) is 144 Å². The Morgan fingerprint density at radius 2 is 0.674 bits per heavy atom. The maximum absolute atomic E-state index is 11.0. The summed E-state index contributed by atoms with van der Waals surface area (Å²) in [7, 11) is 0. The Morgan fingerprint density at radius 3 is 1.23 bits per heavy atom. The molecule has 6 heterocycles. The van der Waals surface area contributed by atoms with Crippen LogP contribution >= 0.6 is 0 Å². The first-order valence-electron chi connectivity index (χ1n) is 28.1. The second-order valence-corrected chi connectivity index (χ2v) is 21.9. The van der Waals surface area contributed by atoms with Crippen molar-refractivity contribution in [3.63, 3.8) is 0 Å². The van der Waals surface area contributed by atoms with E-state index in [0.717, 1.165) is 153 Å². The highest BCUT2D eigenvalue weighted by atomic mass is 16.3. The lowest BCUT2D eigenvalue weighted by molar-refractivity contribution is 0.672. The summed E-state index contributed by atoms with van der Waals surface area (Å²) < 4.78 is 27.0. The molecular weight excluding hydrogens is 1060 g/mol. The van der Waals surface area contributed by atoms with Crippen LogP contribution < -0.4 is 0 Å². The minimum atomic E-state index is 0.356. The van der Waals surface area contributed by atoms with E-state index in [9.17, 15) is 21.0 Å². The summed E-state index contributed by atoms with van der Waals surface area (Å²) in [4.78, 5) is 0. The predicted molar refractivity (Wildman–Crippen MR) is 341 cm³/mol. The average Bonchev–Trinajstić information content (AvgIpc) is 2.10. The van der Waals surface area contributed by atoms with Crippen molar-refractivity contribution in [1.29, 1.82) is 21.0 Å². The smallest absolute Gasteiger partial charge is 0.145 e. The zero-order valence-corrected chi connectivity index (χ0v) is 45.2. The lowest BCUT2D eigenvalue weighted by Crippen LogP contribution is -2.04. The Morgan fingerprint density at radius 1 is 0.256 bits per heavy atom. The third kappa shape index (κ3) is 6.39. The van der Waals surface area contributed by atoms with Crippen LogP contribution in [-0.2, 0) is 0 Å². The summed E-state index contributed by atoms with van der Waals surface area (Å²) in [6, 6.07) is 84.8. The van der Waals surface area contributed by atoms with Crippen LogP contribution in [0.3, 0.4) is 0 Å². The SMILES string of the molecule is N#Cc1ccc(-n2c3ccc(-c4ccccc4)cc3c3c4oc5cc(-c6ccc7c(c6)oc6c7ccc7c6c6ccccc6n7-c6cc(-n7c8ccccc8c8c9oc%10ccccc%10c9ccc87)c(C#N)cc6C#N)ccc5c4ccc32)c(C#N)c1. The Labute approximate surface area is 487 Å². The van der Waals surface area contributed by atoms with Crippen molar-refractivity contribution in [2.75, 3.05) is 0 Å². The summed E-state index contributed by atoms with van der Waals surface area (Å²) in [6.07, 6.45) is 0. The molecule has 0 spiro atoms. The molecule has 0 bridgehead atoms. The molecule has 86 heavy (non-hydrogen) atoms. The van der Waals surface area contributed by atoms with E-state index >= 15 is 0 Å². The molecule has 0 aliphatic rings. The van der Waals surface area contributed by atoms with Gasteiger partial charge in [0.15, 0.2) is 0 Å². The fourth-order valence-corrected chi connectivity index (χ4v) is 13.8. The van der Waals surface area contributed by atoms with Crippen molar-refractivity contribution in [2.45, 2.75) is 0 Å². The second kappa shape index (κ2) is 17.5. The van der Waals surface area contributed by atoms with Gasteiger partial charge in [-0.3, -0.25) is 0 Å². The highest BCUT2D eigenvalue weighted by molar-refractivity contribution is 6.27. The van der Waals surface area contributed by atoms with Crippen molar-refractivity contribution in [3.05, 3.63) is 247 Å². The molecule has 0 saturated carbocycles. The Bertz CT molecular complexity index is 6270. The number of fused-ring (bicyclic) bond motifs is 21. The Hall–Kier alpha value is -12.6. The van der Waals surface area contributed by atoms with Crippen LogP contribution in [0.4, 0.5) is 0 Å². The minimum absolute atomic E-state index is 0.356. The van der Waals surface area contributed by atoms with Crippen LogP contribution in [-0.4, -0.2) is 13.7 Å². The van der Waals surface area contributed by atoms with E-state index in [1.165, 1.54) is 0 Å². The molecule has 0 saturated heterocycles. The molecule has 18 rings (SSSR count). The molecule has 12 aromatic carbocycles. The summed E-state index contributed by atoms with van der Waals surface area (Å²) in [5.41, 5.74) is 17.3. The monoisotopic (exact) mass is 1100 g/mol. The van der Waals surface area contributed by atoms with Crippen molar-refractivity contribution in [2.24, 2.45) is 0 Å². The molecule has 394 valence electrons. The molecule has 0 radical (unpaired) electrons. The summed E-state index contributed by atoms with van der Waals surface area (Å²) in [5, 5.41) is 53.6. The Kier molecular flexibility index (Phi) is 9.56. The number of hydrogen-bond donors (Lipinski definition) is 0. The summed E-state index contributed by atoms with van der Waals surface area (Å²) in [5.74, 6) is 0. The van der Waals surface area contributed by atoms with E-state index in [2.05, 4.69) is 171 Å². The standard InChI is InChI=1S/C76H37N7O3/c77-38-42-18-27-59(47(32-42)39-78)81-62-28-21-44(43-10-2-1-3-11-43)34-58(62)73-65(81)31-26-55-52-23-20-46(36-70(52)86-76(55)73)45-19-22-51-54-25-30-64-72(75(54)85-69(51)35-45)57-14-5-8-16-61(57)83(64)67-37-66(48(40-79)33-49(67)41-80)82-60-15-7-4-13-56(60)71-63(82)29-24-53-50-12-6-9-17-68(50)84-74(53)71/h1-37H. The van der Waals surface area contributed by atoms with Gasteiger partial charge in [0, 0.05) is 48.5 Å². The number of para-hydroxylation sites is 3. The highest BCUT2D eigenvalue weighted by Gasteiger charge is 2.26. The molecule has 0 N–H and O–H groups in total. The van der Waals surface area contributed by atoms with Gasteiger partial charge in [0.05, 0.1) is 94.6 Å². The normalized spacial score (nSPS) is 11.9. The molecule has 6 aromatic heterocycles. The first-order chi connectivity index (χ1) is 42.5. The van der Waals surface area contributed by atoms with Gasteiger partial charge in [-0.1, -0.05) is 103 Å². The molecule has 0 aliphatic heterocycles. The third-order valence-electron chi connectivity index (χ3n) is 17.6. The van der Waals surface area contributed by atoms with Gasteiger partial charge in [0.1, 0.15) is 51.7 Å². The van der Waals surface area contributed by atoms with Gasteiger partial charge in [0.2, 0.25) is 0 Å². The minimum Gasteiger partial charge on any atom is -0.455 e. The number of benzene rings is 12. The zero-order chi connectivity index (χ0) is 57.1. The number of nitrogens with zero attached hydrogens (tertiary/aromatic N) is 7. The van der Waals surface area contributed by atoms with Crippen LogP contribution in [0.15, 0.2) is 238 Å².